The van der Waals surface area contributed by atoms with E-state index in [4.69, 9.17) is 4.74 Å². The molecule has 1 aliphatic rings. The van der Waals surface area contributed by atoms with E-state index in [0.29, 0.717) is 23.3 Å². The first-order chi connectivity index (χ1) is 16.4. The number of nitro groups is 1. The maximum absolute atomic E-state index is 13.1. The van der Waals surface area contributed by atoms with Crippen LogP contribution < -0.4 is 4.74 Å². The third-order valence-corrected chi connectivity index (χ3v) is 5.81. The van der Waals surface area contributed by atoms with Gasteiger partial charge in [0.25, 0.3) is 17.4 Å². The number of rotatable bonds is 7. The number of carbonyl (C=O) groups is 2. The van der Waals surface area contributed by atoms with E-state index >= 15 is 0 Å². The summed E-state index contributed by atoms with van der Waals surface area (Å²) >= 11 is 0. The number of carbonyl (C=O) groups excluding carboxylic acids is 2. The SMILES string of the molecule is COc1ccc(/C(O)=C2/C(=O)C(=O)N(CCc3ccccc3)C2c2ccc([N+](=O)[O-])cc2)cc1. The second-order valence-corrected chi connectivity index (χ2v) is 7.81. The van der Waals surface area contributed by atoms with E-state index in [1.165, 1.54) is 36.3 Å². The number of aliphatic hydroxyl groups excluding tert-OH is 1. The molecule has 3 aromatic rings. The highest BCUT2D eigenvalue weighted by molar-refractivity contribution is 6.46. The molecule has 1 N–H and O–H groups in total. The average Bonchev–Trinajstić information content (AvgIpc) is 3.12. The second kappa shape index (κ2) is 9.58. The van der Waals surface area contributed by atoms with E-state index in [-0.39, 0.29) is 23.6 Å². The molecule has 172 valence electrons. The predicted molar refractivity (Wildman–Crippen MR) is 125 cm³/mol. The summed E-state index contributed by atoms with van der Waals surface area (Å²) in [6.45, 7) is 0.232. The molecule has 34 heavy (non-hydrogen) atoms. The maximum atomic E-state index is 13.1. The Bertz CT molecular complexity index is 1250. The van der Waals surface area contributed by atoms with Gasteiger partial charge in [-0.25, -0.2) is 0 Å². The Morgan fingerprint density at radius 3 is 2.24 bits per heavy atom. The van der Waals surface area contributed by atoms with Crippen molar-refractivity contribution in [3.8, 4) is 5.75 Å². The monoisotopic (exact) mass is 458 g/mol. The van der Waals surface area contributed by atoms with E-state index in [0.717, 1.165) is 5.56 Å². The largest absolute Gasteiger partial charge is 0.507 e. The Kier molecular flexibility index (Phi) is 6.40. The maximum Gasteiger partial charge on any atom is 0.295 e. The van der Waals surface area contributed by atoms with E-state index in [2.05, 4.69) is 0 Å². The summed E-state index contributed by atoms with van der Waals surface area (Å²) in [7, 11) is 1.52. The topological polar surface area (TPSA) is 110 Å². The predicted octanol–water partition coefficient (Wildman–Crippen LogP) is 4.27. The molecule has 0 bridgehead atoms. The number of methoxy groups -OCH3 is 1. The third-order valence-electron chi connectivity index (χ3n) is 5.81. The number of aliphatic hydroxyl groups is 1. The number of non-ortho nitro benzene ring substituents is 1. The normalized spacial score (nSPS) is 17.1. The smallest absolute Gasteiger partial charge is 0.295 e. The molecule has 1 atom stereocenters. The van der Waals surface area contributed by atoms with Gasteiger partial charge in [0, 0.05) is 24.2 Å². The summed E-state index contributed by atoms with van der Waals surface area (Å²) < 4.78 is 5.14. The lowest BCUT2D eigenvalue weighted by atomic mass is 9.95. The van der Waals surface area contributed by atoms with Gasteiger partial charge < -0.3 is 14.7 Å². The van der Waals surface area contributed by atoms with Crippen LogP contribution in [0.15, 0.2) is 84.4 Å². The molecule has 0 saturated carbocycles. The van der Waals surface area contributed by atoms with Gasteiger partial charge in [-0.05, 0) is 53.9 Å². The number of nitrogens with zero attached hydrogens (tertiary/aromatic N) is 2. The quantitative estimate of drug-likeness (QED) is 0.186. The number of benzene rings is 3. The number of likely N-dealkylation sites (tertiary alicyclic amines) is 1. The third kappa shape index (κ3) is 4.38. The molecule has 3 aromatic carbocycles. The number of hydrogen-bond donors (Lipinski definition) is 1. The Morgan fingerprint density at radius 1 is 1.00 bits per heavy atom. The van der Waals surface area contributed by atoms with Crippen LogP contribution in [0.25, 0.3) is 5.76 Å². The molecule has 8 heteroatoms. The fraction of sp³-hybridized carbons (Fsp3) is 0.154. The van der Waals surface area contributed by atoms with Crippen molar-refractivity contribution in [2.24, 2.45) is 0 Å². The van der Waals surface area contributed by atoms with Crippen LogP contribution in [0.5, 0.6) is 5.75 Å². The molecule has 0 spiro atoms. The van der Waals surface area contributed by atoms with Crippen LogP contribution in [0.4, 0.5) is 5.69 Å². The number of hydrogen-bond acceptors (Lipinski definition) is 6. The van der Waals surface area contributed by atoms with Crippen LogP contribution in [0.2, 0.25) is 0 Å². The summed E-state index contributed by atoms with van der Waals surface area (Å²) in [6.07, 6.45) is 0.500. The molecular formula is C26H22N2O6. The molecule has 1 fully saturated rings. The lowest BCUT2D eigenvalue weighted by Gasteiger charge is -2.25. The molecule has 1 aliphatic heterocycles. The van der Waals surface area contributed by atoms with Crippen LogP contribution in [0.3, 0.4) is 0 Å². The van der Waals surface area contributed by atoms with Gasteiger partial charge in [0.2, 0.25) is 0 Å². The highest BCUT2D eigenvalue weighted by atomic mass is 16.6. The standard InChI is InChI=1S/C26H22N2O6/c1-34-21-13-9-19(10-14-21)24(29)22-23(18-7-11-20(12-8-18)28(32)33)27(26(31)25(22)30)16-15-17-5-3-2-4-6-17/h2-14,23,29H,15-16H2,1H3/b24-22-. The summed E-state index contributed by atoms with van der Waals surface area (Å²) in [4.78, 5) is 38.1. The molecule has 1 saturated heterocycles. The van der Waals surface area contributed by atoms with Crippen molar-refractivity contribution in [3.63, 3.8) is 0 Å². The zero-order chi connectivity index (χ0) is 24.2. The van der Waals surface area contributed by atoms with Gasteiger partial charge in [0.15, 0.2) is 0 Å². The molecule has 1 heterocycles. The summed E-state index contributed by atoms with van der Waals surface area (Å²) in [5, 5.41) is 22.2. The Morgan fingerprint density at radius 2 is 1.65 bits per heavy atom. The molecule has 0 aliphatic carbocycles. The molecule has 1 amide bonds. The van der Waals surface area contributed by atoms with Gasteiger partial charge in [0.05, 0.1) is 23.6 Å². The summed E-state index contributed by atoms with van der Waals surface area (Å²) in [5.41, 5.74) is 1.67. The minimum Gasteiger partial charge on any atom is -0.507 e. The van der Waals surface area contributed by atoms with Gasteiger partial charge in [-0.1, -0.05) is 30.3 Å². The van der Waals surface area contributed by atoms with Crippen LogP contribution in [0.1, 0.15) is 22.7 Å². The summed E-state index contributed by atoms with van der Waals surface area (Å²) in [5.74, 6) is -1.27. The van der Waals surface area contributed by atoms with Gasteiger partial charge in [0.1, 0.15) is 11.5 Å². The number of nitro benzene ring substituents is 1. The molecule has 4 rings (SSSR count). The van der Waals surface area contributed by atoms with Crippen molar-refractivity contribution in [1.82, 2.24) is 4.90 Å². The minimum atomic E-state index is -0.883. The molecule has 1 unspecified atom stereocenters. The van der Waals surface area contributed by atoms with E-state index in [1.54, 1.807) is 24.3 Å². The highest BCUT2D eigenvalue weighted by Gasteiger charge is 2.45. The van der Waals surface area contributed by atoms with Crippen LogP contribution >= 0.6 is 0 Å². The Hall–Kier alpha value is -4.46. The number of ketones is 1. The fourth-order valence-corrected chi connectivity index (χ4v) is 4.03. The van der Waals surface area contributed by atoms with Crippen molar-refractivity contribution in [1.29, 1.82) is 0 Å². The fourth-order valence-electron chi connectivity index (χ4n) is 4.03. The van der Waals surface area contributed by atoms with Crippen molar-refractivity contribution < 1.29 is 24.4 Å². The zero-order valence-electron chi connectivity index (χ0n) is 18.4. The number of ether oxygens (including phenoxy) is 1. The van der Waals surface area contributed by atoms with Gasteiger partial charge in [-0.3, -0.25) is 19.7 Å². The zero-order valence-corrected chi connectivity index (χ0v) is 18.4. The molecule has 0 aromatic heterocycles. The van der Waals surface area contributed by atoms with Crippen molar-refractivity contribution >= 4 is 23.1 Å². The minimum absolute atomic E-state index is 0.0583. The average molecular weight is 458 g/mol. The first-order valence-electron chi connectivity index (χ1n) is 10.6. The number of amides is 1. The Balaban J connectivity index is 1.78. The van der Waals surface area contributed by atoms with Crippen molar-refractivity contribution in [3.05, 3.63) is 111 Å². The molecule has 0 radical (unpaired) electrons. The Labute approximate surface area is 195 Å². The lowest BCUT2D eigenvalue weighted by Crippen LogP contribution is -2.31. The highest BCUT2D eigenvalue weighted by Crippen LogP contribution is 2.40. The van der Waals surface area contributed by atoms with Gasteiger partial charge in [-0.15, -0.1) is 0 Å². The van der Waals surface area contributed by atoms with Crippen LogP contribution in [-0.2, 0) is 16.0 Å². The first kappa shape index (κ1) is 22.7. The van der Waals surface area contributed by atoms with E-state index < -0.39 is 22.7 Å². The van der Waals surface area contributed by atoms with Crippen LogP contribution in [-0.4, -0.2) is 40.3 Å². The summed E-state index contributed by atoms with van der Waals surface area (Å²) in [6, 6.07) is 20.8. The number of Topliss-reactive ketones (excluding diaryl/α,β-unsaturated/α-hetero) is 1. The first-order valence-corrected chi connectivity index (χ1v) is 10.6. The van der Waals surface area contributed by atoms with E-state index in [9.17, 15) is 24.8 Å². The second-order valence-electron chi connectivity index (χ2n) is 7.81. The van der Waals surface area contributed by atoms with E-state index in [1.807, 2.05) is 30.3 Å². The van der Waals surface area contributed by atoms with Crippen molar-refractivity contribution in [2.75, 3.05) is 13.7 Å². The van der Waals surface area contributed by atoms with Gasteiger partial charge >= 0.3 is 0 Å². The molecular weight excluding hydrogens is 436 g/mol. The van der Waals surface area contributed by atoms with Crippen LogP contribution in [0, 0.1) is 10.1 Å². The van der Waals surface area contributed by atoms with Gasteiger partial charge in [-0.2, -0.15) is 0 Å². The van der Waals surface area contributed by atoms with Crippen molar-refractivity contribution in [2.45, 2.75) is 12.5 Å². The lowest BCUT2D eigenvalue weighted by molar-refractivity contribution is -0.384. The molecule has 8 nitrogen and oxygen atoms in total.